The molecule has 0 bridgehead atoms. The second-order valence-corrected chi connectivity index (χ2v) is 6.29. The number of hydrogen-bond acceptors (Lipinski definition) is 1. The zero-order valence-electron chi connectivity index (χ0n) is 12.5. The summed E-state index contributed by atoms with van der Waals surface area (Å²) in [5.41, 5.74) is 3.90. The summed E-state index contributed by atoms with van der Waals surface area (Å²) in [6.45, 7) is 0. The smallest absolute Gasteiger partial charge is 0.0465 e. The molecule has 3 aromatic rings. The molecule has 21 heavy (non-hydrogen) atoms. The molecule has 2 heteroatoms. The van der Waals surface area contributed by atoms with Crippen molar-refractivity contribution in [3.05, 3.63) is 48.0 Å². The van der Waals surface area contributed by atoms with Crippen molar-refractivity contribution in [3.8, 4) is 0 Å². The van der Waals surface area contributed by atoms with Crippen LogP contribution in [0.15, 0.2) is 42.5 Å². The van der Waals surface area contributed by atoms with Crippen LogP contribution >= 0.6 is 0 Å². The van der Waals surface area contributed by atoms with E-state index in [-0.39, 0.29) is 0 Å². The Bertz CT molecular complexity index is 765. The van der Waals surface area contributed by atoms with Crippen LogP contribution in [0.3, 0.4) is 0 Å². The van der Waals surface area contributed by atoms with Gasteiger partial charge in [0.05, 0.1) is 0 Å². The molecule has 108 valence electrons. The largest absolute Gasteiger partial charge is 0.355 e. The molecule has 0 saturated heterocycles. The molecule has 1 fully saturated rings. The van der Waals surface area contributed by atoms with Gasteiger partial charge in [-0.25, -0.2) is 0 Å². The Labute approximate surface area is 125 Å². The zero-order valence-corrected chi connectivity index (χ0v) is 12.5. The predicted octanol–water partition coefficient (Wildman–Crippen LogP) is 4.77. The molecule has 1 heterocycles. The fourth-order valence-electron chi connectivity index (χ4n) is 4.02. The lowest BCUT2D eigenvalue weighted by atomic mass is 9.91. The van der Waals surface area contributed by atoms with Gasteiger partial charge < -0.3 is 10.3 Å². The minimum Gasteiger partial charge on any atom is -0.355 e. The van der Waals surface area contributed by atoms with Gasteiger partial charge in [0.25, 0.3) is 0 Å². The Kier molecular flexibility index (Phi) is 3.19. The van der Waals surface area contributed by atoms with Crippen LogP contribution in [-0.4, -0.2) is 12.0 Å². The Morgan fingerprint density at radius 1 is 1.00 bits per heavy atom. The van der Waals surface area contributed by atoms with Gasteiger partial charge in [-0.1, -0.05) is 37.1 Å². The van der Waals surface area contributed by atoms with Crippen molar-refractivity contribution in [2.75, 3.05) is 7.05 Å². The number of rotatable bonds is 3. The van der Waals surface area contributed by atoms with E-state index in [2.05, 4.69) is 59.8 Å². The van der Waals surface area contributed by atoms with Gasteiger partial charge in [0.15, 0.2) is 0 Å². The van der Waals surface area contributed by atoms with Crippen LogP contribution in [0.1, 0.15) is 37.3 Å². The van der Waals surface area contributed by atoms with Crippen LogP contribution in [0, 0.1) is 5.92 Å². The molecular formula is C19H22N2. The maximum atomic E-state index is 3.56. The van der Waals surface area contributed by atoms with E-state index in [1.165, 1.54) is 53.1 Å². The molecule has 0 spiro atoms. The molecule has 1 unspecified atom stereocenters. The quantitative estimate of drug-likeness (QED) is 0.709. The van der Waals surface area contributed by atoms with Gasteiger partial charge in [0.1, 0.15) is 0 Å². The van der Waals surface area contributed by atoms with E-state index in [0.717, 1.165) is 5.92 Å². The number of hydrogen-bond donors (Lipinski definition) is 2. The Balaban J connectivity index is 1.83. The van der Waals surface area contributed by atoms with E-state index >= 15 is 0 Å². The topological polar surface area (TPSA) is 27.8 Å². The van der Waals surface area contributed by atoms with Crippen molar-refractivity contribution in [2.24, 2.45) is 5.92 Å². The fourth-order valence-corrected chi connectivity index (χ4v) is 4.02. The number of H-pyrrole nitrogens is 1. The second-order valence-electron chi connectivity index (χ2n) is 6.29. The lowest BCUT2D eigenvalue weighted by molar-refractivity contribution is 0.390. The van der Waals surface area contributed by atoms with Crippen molar-refractivity contribution < 1.29 is 0 Å². The Morgan fingerprint density at radius 3 is 2.57 bits per heavy atom. The summed E-state index contributed by atoms with van der Waals surface area (Å²) in [7, 11) is 2.10. The fraction of sp³-hybridized carbons (Fsp3) is 0.368. The summed E-state index contributed by atoms with van der Waals surface area (Å²) in [6.07, 6.45) is 5.49. The summed E-state index contributed by atoms with van der Waals surface area (Å²) in [5, 5.41) is 6.23. The molecule has 2 nitrogen and oxygen atoms in total. The van der Waals surface area contributed by atoms with Crippen LogP contribution in [0.2, 0.25) is 0 Å². The maximum Gasteiger partial charge on any atom is 0.0465 e. The predicted molar refractivity (Wildman–Crippen MR) is 89.6 cm³/mol. The standard InChI is InChI=1S/C19H22N2/c1-20-19(13-6-2-3-7-13)14-10-11-18-16(12-14)15-8-4-5-9-17(15)21-18/h4-5,8-13,19-21H,2-3,6-7H2,1H3. The van der Waals surface area contributed by atoms with Crippen LogP contribution in [0.5, 0.6) is 0 Å². The number of benzene rings is 2. The third-order valence-electron chi connectivity index (χ3n) is 5.07. The Morgan fingerprint density at radius 2 is 1.76 bits per heavy atom. The number of fused-ring (bicyclic) bond motifs is 3. The molecule has 0 aliphatic heterocycles. The molecule has 1 aliphatic rings. The zero-order chi connectivity index (χ0) is 14.2. The van der Waals surface area contributed by atoms with Gasteiger partial charge in [-0.3, -0.25) is 0 Å². The molecule has 1 aliphatic carbocycles. The highest BCUT2D eigenvalue weighted by atomic mass is 14.9. The first-order chi connectivity index (χ1) is 10.4. The van der Waals surface area contributed by atoms with E-state index in [0.29, 0.717) is 6.04 Å². The highest BCUT2D eigenvalue weighted by Gasteiger charge is 2.25. The molecular weight excluding hydrogens is 256 g/mol. The van der Waals surface area contributed by atoms with E-state index in [1.807, 2.05) is 0 Å². The third kappa shape index (κ3) is 2.14. The van der Waals surface area contributed by atoms with Crippen molar-refractivity contribution in [1.29, 1.82) is 0 Å². The number of aromatic amines is 1. The summed E-state index contributed by atoms with van der Waals surface area (Å²) >= 11 is 0. The van der Waals surface area contributed by atoms with Gasteiger partial charge in [0.2, 0.25) is 0 Å². The van der Waals surface area contributed by atoms with E-state index in [4.69, 9.17) is 0 Å². The van der Waals surface area contributed by atoms with Crippen LogP contribution in [0.25, 0.3) is 21.8 Å². The third-order valence-corrected chi connectivity index (χ3v) is 5.07. The van der Waals surface area contributed by atoms with Gasteiger partial charge in [-0.2, -0.15) is 0 Å². The van der Waals surface area contributed by atoms with Crippen LogP contribution < -0.4 is 5.32 Å². The van der Waals surface area contributed by atoms with Crippen molar-refractivity contribution in [3.63, 3.8) is 0 Å². The van der Waals surface area contributed by atoms with Crippen LogP contribution in [-0.2, 0) is 0 Å². The first kappa shape index (κ1) is 12.9. The summed E-state index contributed by atoms with van der Waals surface area (Å²) < 4.78 is 0. The second kappa shape index (κ2) is 5.19. The minimum absolute atomic E-state index is 0.491. The summed E-state index contributed by atoms with van der Waals surface area (Å²) in [5.74, 6) is 0.789. The van der Waals surface area contributed by atoms with Crippen molar-refractivity contribution >= 4 is 21.8 Å². The van der Waals surface area contributed by atoms with Gasteiger partial charge in [0, 0.05) is 27.8 Å². The highest BCUT2D eigenvalue weighted by molar-refractivity contribution is 6.07. The molecule has 2 aromatic carbocycles. The number of nitrogens with one attached hydrogen (secondary N) is 2. The lowest BCUT2D eigenvalue weighted by Gasteiger charge is -2.23. The molecule has 1 aromatic heterocycles. The van der Waals surface area contributed by atoms with E-state index in [1.54, 1.807) is 0 Å². The molecule has 1 saturated carbocycles. The SMILES string of the molecule is CNC(c1ccc2[nH]c3ccccc3c2c1)C1CCCC1. The maximum absolute atomic E-state index is 3.56. The van der Waals surface area contributed by atoms with Crippen molar-refractivity contribution in [1.82, 2.24) is 10.3 Å². The first-order valence-electron chi connectivity index (χ1n) is 8.04. The van der Waals surface area contributed by atoms with Gasteiger partial charge in [-0.05, 0) is 49.6 Å². The number of para-hydroxylation sites is 1. The van der Waals surface area contributed by atoms with Gasteiger partial charge in [-0.15, -0.1) is 0 Å². The normalized spacial score (nSPS) is 17.8. The Hall–Kier alpha value is -1.80. The summed E-state index contributed by atoms with van der Waals surface area (Å²) in [4.78, 5) is 3.51. The first-order valence-corrected chi connectivity index (χ1v) is 8.04. The van der Waals surface area contributed by atoms with Crippen LogP contribution in [0.4, 0.5) is 0 Å². The molecule has 0 radical (unpaired) electrons. The average Bonchev–Trinajstić information content (AvgIpc) is 3.15. The molecule has 4 rings (SSSR count). The number of aromatic nitrogens is 1. The van der Waals surface area contributed by atoms with Gasteiger partial charge >= 0.3 is 0 Å². The molecule has 0 amide bonds. The molecule has 1 atom stereocenters. The van der Waals surface area contributed by atoms with Crippen molar-refractivity contribution in [2.45, 2.75) is 31.7 Å². The van der Waals surface area contributed by atoms with E-state index in [9.17, 15) is 0 Å². The average molecular weight is 278 g/mol. The summed E-state index contributed by atoms with van der Waals surface area (Å²) in [6, 6.07) is 16.0. The monoisotopic (exact) mass is 278 g/mol. The molecule has 2 N–H and O–H groups in total. The highest BCUT2D eigenvalue weighted by Crippen LogP contribution is 2.37. The minimum atomic E-state index is 0.491. The van der Waals surface area contributed by atoms with E-state index < -0.39 is 0 Å². The lowest BCUT2D eigenvalue weighted by Crippen LogP contribution is -2.23.